The largest absolute Gasteiger partial charge is 0.353 e. The highest BCUT2D eigenvalue weighted by atomic mass is 35.5. The Kier molecular flexibility index (Phi) is 2.92. The van der Waals surface area contributed by atoms with Crippen LogP contribution in [0.5, 0.6) is 0 Å². The molecule has 4 heteroatoms. The quantitative estimate of drug-likeness (QED) is 0.922. The van der Waals surface area contributed by atoms with Gasteiger partial charge in [-0.15, -0.1) is 0 Å². The fourth-order valence-corrected chi connectivity index (χ4v) is 2.09. The zero-order valence-corrected chi connectivity index (χ0v) is 10.6. The van der Waals surface area contributed by atoms with E-state index in [0.717, 1.165) is 29.4 Å². The minimum Gasteiger partial charge on any atom is -0.353 e. The van der Waals surface area contributed by atoms with Crippen LogP contribution in [0.15, 0.2) is 30.3 Å². The van der Waals surface area contributed by atoms with E-state index in [1.807, 2.05) is 30.3 Å². The summed E-state index contributed by atoms with van der Waals surface area (Å²) >= 11 is 5.92. The van der Waals surface area contributed by atoms with Crippen LogP contribution in [0.2, 0.25) is 5.02 Å². The number of pyridine rings is 1. The van der Waals surface area contributed by atoms with Crippen LogP contribution in [0.25, 0.3) is 10.9 Å². The molecule has 0 atom stereocenters. The first kappa shape index (κ1) is 11.5. The smallest absolute Gasteiger partial charge is 0.226 e. The molecule has 0 unspecified atom stereocenters. The van der Waals surface area contributed by atoms with Crippen molar-refractivity contribution in [2.24, 2.45) is 0 Å². The van der Waals surface area contributed by atoms with E-state index in [1.165, 1.54) is 0 Å². The summed E-state index contributed by atoms with van der Waals surface area (Å²) < 4.78 is 0. The summed E-state index contributed by atoms with van der Waals surface area (Å²) in [6.07, 6.45) is 2.56. The van der Waals surface area contributed by atoms with E-state index in [2.05, 4.69) is 10.3 Å². The molecular formula is C14H13ClN2O. The van der Waals surface area contributed by atoms with E-state index in [1.54, 1.807) is 0 Å². The molecule has 0 saturated heterocycles. The SMILES string of the molecule is O=C(Cc1ccc2cc(Cl)ccc2n1)NC1CC1. The van der Waals surface area contributed by atoms with Crippen molar-refractivity contribution in [3.05, 3.63) is 41.0 Å². The molecule has 1 aliphatic carbocycles. The van der Waals surface area contributed by atoms with Gasteiger partial charge in [-0.2, -0.15) is 0 Å². The molecule has 1 aromatic carbocycles. The van der Waals surface area contributed by atoms with E-state index in [4.69, 9.17) is 11.6 Å². The molecule has 1 aliphatic rings. The Hall–Kier alpha value is -1.61. The topological polar surface area (TPSA) is 42.0 Å². The molecule has 2 aromatic rings. The molecule has 1 heterocycles. The first-order chi connectivity index (χ1) is 8.70. The van der Waals surface area contributed by atoms with Gasteiger partial charge in [0.25, 0.3) is 0 Å². The average Bonchev–Trinajstić information content (AvgIpc) is 3.13. The third kappa shape index (κ3) is 2.62. The monoisotopic (exact) mass is 260 g/mol. The molecular weight excluding hydrogens is 248 g/mol. The molecule has 0 bridgehead atoms. The lowest BCUT2D eigenvalue weighted by Crippen LogP contribution is -2.27. The lowest BCUT2D eigenvalue weighted by molar-refractivity contribution is -0.120. The van der Waals surface area contributed by atoms with Crippen LogP contribution in [0.1, 0.15) is 18.5 Å². The summed E-state index contributed by atoms with van der Waals surface area (Å²) in [7, 11) is 0. The van der Waals surface area contributed by atoms with Crippen LogP contribution in [0.3, 0.4) is 0 Å². The van der Waals surface area contributed by atoms with E-state index >= 15 is 0 Å². The molecule has 1 amide bonds. The summed E-state index contributed by atoms with van der Waals surface area (Å²) in [5.41, 5.74) is 1.67. The maximum Gasteiger partial charge on any atom is 0.226 e. The molecule has 0 radical (unpaired) electrons. The number of benzene rings is 1. The van der Waals surface area contributed by atoms with Crippen LogP contribution in [-0.4, -0.2) is 16.9 Å². The second-order valence-corrected chi connectivity index (χ2v) is 5.09. The van der Waals surface area contributed by atoms with Crippen LogP contribution >= 0.6 is 11.6 Å². The Morgan fingerprint density at radius 1 is 1.33 bits per heavy atom. The van der Waals surface area contributed by atoms with Crippen molar-refractivity contribution in [1.29, 1.82) is 0 Å². The maximum absolute atomic E-state index is 11.7. The van der Waals surface area contributed by atoms with E-state index < -0.39 is 0 Å². The molecule has 92 valence electrons. The number of nitrogens with one attached hydrogen (secondary N) is 1. The third-order valence-corrected chi connectivity index (χ3v) is 3.23. The first-order valence-electron chi connectivity index (χ1n) is 6.05. The lowest BCUT2D eigenvalue weighted by atomic mass is 10.2. The number of aromatic nitrogens is 1. The highest BCUT2D eigenvalue weighted by Crippen LogP contribution is 2.20. The van der Waals surface area contributed by atoms with Crippen molar-refractivity contribution in [3.8, 4) is 0 Å². The van der Waals surface area contributed by atoms with Crippen molar-refractivity contribution >= 4 is 28.4 Å². The highest BCUT2D eigenvalue weighted by molar-refractivity contribution is 6.31. The van der Waals surface area contributed by atoms with Crippen molar-refractivity contribution in [1.82, 2.24) is 10.3 Å². The first-order valence-corrected chi connectivity index (χ1v) is 6.43. The van der Waals surface area contributed by atoms with Crippen molar-refractivity contribution in [2.75, 3.05) is 0 Å². The van der Waals surface area contributed by atoms with Gasteiger partial charge in [0, 0.05) is 16.5 Å². The number of carbonyl (C=O) groups is 1. The molecule has 3 rings (SSSR count). The van der Waals surface area contributed by atoms with Crippen LogP contribution in [0.4, 0.5) is 0 Å². The summed E-state index contributed by atoms with van der Waals surface area (Å²) in [6.45, 7) is 0. The number of rotatable bonds is 3. The molecule has 3 nitrogen and oxygen atoms in total. The highest BCUT2D eigenvalue weighted by Gasteiger charge is 2.23. The summed E-state index contributed by atoms with van der Waals surface area (Å²) in [6, 6.07) is 9.79. The predicted molar refractivity (Wildman–Crippen MR) is 71.6 cm³/mol. The van der Waals surface area contributed by atoms with Gasteiger partial charge in [0.1, 0.15) is 0 Å². The Morgan fingerprint density at radius 3 is 2.94 bits per heavy atom. The van der Waals surface area contributed by atoms with Crippen LogP contribution < -0.4 is 5.32 Å². The van der Waals surface area contributed by atoms with Gasteiger partial charge in [0.05, 0.1) is 17.6 Å². The van der Waals surface area contributed by atoms with E-state index in [0.29, 0.717) is 17.5 Å². The summed E-state index contributed by atoms with van der Waals surface area (Å²) in [5, 5.41) is 4.65. The molecule has 1 N–H and O–H groups in total. The van der Waals surface area contributed by atoms with Gasteiger partial charge in [0.15, 0.2) is 0 Å². The zero-order valence-electron chi connectivity index (χ0n) is 9.82. The van der Waals surface area contributed by atoms with Crippen LogP contribution in [0, 0.1) is 0 Å². The zero-order chi connectivity index (χ0) is 12.5. The Labute approximate surface area is 110 Å². The van der Waals surface area contributed by atoms with Gasteiger partial charge < -0.3 is 5.32 Å². The lowest BCUT2D eigenvalue weighted by Gasteiger charge is -2.04. The average molecular weight is 261 g/mol. The number of hydrogen-bond acceptors (Lipinski definition) is 2. The van der Waals surface area contributed by atoms with Gasteiger partial charge in [-0.3, -0.25) is 9.78 Å². The molecule has 1 aromatic heterocycles. The van der Waals surface area contributed by atoms with Gasteiger partial charge in [-0.25, -0.2) is 0 Å². The minimum absolute atomic E-state index is 0.0540. The van der Waals surface area contributed by atoms with Crippen molar-refractivity contribution in [2.45, 2.75) is 25.3 Å². The number of carbonyl (C=O) groups excluding carboxylic acids is 1. The fourth-order valence-electron chi connectivity index (χ4n) is 1.91. The Balaban J connectivity index is 1.79. The maximum atomic E-state index is 11.7. The Morgan fingerprint density at radius 2 is 2.17 bits per heavy atom. The fraction of sp³-hybridized carbons (Fsp3) is 0.286. The van der Waals surface area contributed by atoms with Gasteiger partial charge in [0.2, 0.25) is 5.91 Å². The molecule has 0 aliphatic heterocycles. The molecule has 1 fully saturated rings. The van der Waals surface area contributed by atoms with Gasteiger partial charge in [-0.05, 0) is 37.1 Å². The number of halogens is 1. The van der Waals surface area contributed by atoms with Crippen molar-refractivity contribution in [3.63, 3.8) is 0 Å². The number of fused-ring (bicyclic) bond motifs is 1. The second kappa shape index (κ2) is 4.58. The van der Waals surface area contributed by atoms with Gasteiger partial charge >= 0.3 is 0 Å². The van der Waals surface area contributed by atoms with Crippen molar-refractivity contribution < 1.29 is 4.79 Å². The predicted octanol–water partition coefficient (Wildman–Crippen LogP) is 2.71. The third-order valence-electron chi connectivity index (χ3n) is 2.99. The number of nitrogens with zero attached hydrogens (tertiary/aromatic N) is 1. The van der Waals surface area contributed by atoms with E-state index in [-0.39, 0.29) is 5.91 Å². The van der Waals surface area contributed by atoms with E-state index in [9.17, 15) is 4.79 Å². The number of hydrogen-bond donors (Lipinski definition) is 1. The summed E-state index contributed by atoms with van der Waals surface area (Å²) in [5.74, 6) is 0.0540. The van der Waals surface area contributed by atoms with Gasteiger partial charge in [-0.1, -0.05) is 17.7 Å². The summed E-state index contributed by atoms with van der Waals surface area (Å²) in [4.78, 5) is 16.1. The molecule has 1 saturated carbocycles. The number of amides is 1. The molecule has 0 spiro atoms. The second-order valence-electron chi connectivity index (χ2n) is 4.66. The Bertz CT molecular complexity index is 608. The normalized spacial score (nSPS) is 14.7. The van der Waals surface area contributed by atoms with Crippen LogP contribution in [-0.2, 0) is 11.2 Å². The molecule has 18 heavy (non-hydrogen) atoms. The standard InChI is InChI=1S/C14H13ClN2O/c15-10-2-6-13-9(7-10)1-3-12(16-13)8-14(18)17-11-4-5-11/h1-3,6-7,11H,4-5,8H2,(H,17,18). The minimum atomic E-state index is 0.0540.